The molecule has 1 N–H and O–H groups in total. The van der Waals surface area contributed by atoms with Crippen molar-refractivity contribution in [3.63, 3.8) is 0 Å². The highest BCUT2D eigenvalue weighted by Crippen LogP contribution is 2.35. The highest BCUT2D eigenvalue weighted by molar-refractivity contribution is 5.94. The van der Waals surface area contributed by atoms with E-state index >= 15 is 0 Å². The average Bonchev–Trinajstić information content (AvgIpc) is 3.19. The first kappa shape index (κ1) is 14.2. The third-order valence-electron chi connectivity index (χ3n) is 4.40. The molecule has 1 aromatic carbocycles. The van der Waals surface area contributed by atoms with E-state index in [1.807, 2.05) is 0 Å². The Morgan fingerprint density at radius 3 is 2.57 bits per heavy atom. The minimum atomic E-state index is -1.03. The average molecular weight is 319 g/mol. The number of fused-ring (bicyclic) bond motifs is 1. The number of rotatable bonds is 3. The van der Waals surface area contributed by atoms with E-state index in [1.165, 1.54) is 0 Å². The molecule has 7 heteroatoms. The number of carbonyl (C=O) groups is 1. The third kappa shape index (κ3) is 2.18. The SMILES string of the molecule is Cc1nc2n(c1-c1cc(F)c(O)c(F)c1)CN(CC1CC1)C2=O. The number of benzene rings is 1. The van der Waals surface area contributed by atoms with Crippen molar-refractivity contribution in [2.45, 2.75) is 26.4 Å². The number of aromatic hydroxyl groups is 1. The van der Waals surface area contributed by atoms with E-state index in [4.69, 9.17) is 0 Å². The molecule has 0 unspecified atom stereocenters. The van der Waals surface area contributed by atoms with Crippen LogP contribution in [-0.4, -0.2) is 32.0 Å². The van der Waals surface area contributed by atoms with E-state index in [0.29, 0.717) is 36.3 Å². The Hall–Kier alpha value is -2.44. The van der Waals surface area contributed by atoms with Gasteiger partial charge in [-0.25, -0.2) is 13.8 Å². The maximum atomic E-state index is 13.7. The van der Waals surface area contributed by atoms with Crippen LogP contribution in [0.3, 0.4) is 0 Å². The number of aromatic nitrogens is 2. The second-order valence-electron chi connectivity index (χ2n) is 6.20. The summed E-state index contributed by atoms with van der Waals surface area (Å²) in [5, 5.41) is 9.25. The number of phenols is 1. The lowest BCUT2D eigenvalue weighted by Crippen LogP contribution is -2.27. The van der Waals surface area contributed by atoms with E-state index in [0.717, 1.165) is 25.0 Å². The van der Waals surface area contributed by atoms with Gasteiger partial charge in [-0.15, -0.1) is 0 Å². The van der Waals surface area contributed by atoms with E-state index in [-0.39, 0.29) is 11.5 Å². The lowest BCUT2D eigenvalue weighted by molar-refractivity contribution is 0.0758. The number of hydrogen-bond acceptors (Lipinski definition) is 3. The van der Waals surface area contributed by atoms with Crippen LogP contribution in [0.25, 0.3) is 11.3 Å². The molecule has 0 radical (unpaired) electrons. The number of nitrogens with zero attached hydrogens (tertiary/aromatic N) is 3. The quantitative estimate of drug-likeness (QED) is 0.946. The minimum Gasteiger partial charge on any atom is -0.503 e. The molecule has 0 bridgehead atoms. The van der Waals surface area contributed by atoms with Gasteiger partial charge in [-0.05, 0) is 37.8 Å². The number of amides is 1. The number of imidazole rings is 1. The Kier molecular flexibility index (Phi) is 2.94. The second kappa shape index (κ2) is 4.78. The minimum absolute atomic E-state index is 0.147. The summed E-state index contributed by atoms with van der Waals surface area (Å²) in [4.78, 5) is 18.4. The van der Waals surface area contributed by atoms with Crippen molar-refractivity contribution in [1.29, 1.82) is 0 Å². The highest BCUT2D eigenvalue weighted by atomic mass is 19.1. The molecule has 0 spiro atoms. The molecule has 2 aromatic rings. The normalized spacial score (nSPS) is 17.0. The van der Waals surface area contributed by atoms with Crippen LogP contribution in [0.15, 0.2) is 12.1 Å². The molecule has 1 aliphatic heterocycles. The largest absolute Gasteiger partial charge is 0.503 e. The van der Waals surface area contributed by atoms with E-state index in [2.05, 4.69) is 4.98 Å². The fourth-order valence-corrected chi connectivity index (χ4v) is 3.07. The zero-order valence-corrected chi connectivity index (χ0v) is 12.5. The summed E-state index contributed by atoms with van der Waals surface area (Å²) in [5.41, 5.74) is 1.29. The predicted octanol–water partition coefficient (Wildman–Crippen LogP) is 2.67. The molecule has 0 saturated heterocycles. The molecule has 1 fully saturated rings. The van der Waals surface area contributed by atoms with E-state index < -0.39 is 17.4 Å². The molecule has 2 heterocycles. The van der Waals surface area contributed by atoms with Gasteiger partial charge in [-0.3, -0.25) is 4.79 Å². The molecule has 5 nitrogen and oxygen atoms in total. The first-order valence-corrected chi connectivity index (χ1v) is 7.50. The van der Waals surface area contributed by atoms with Crippen molar-refractivity contribution in [3.8, 4) is 17.0 Å². The second-order valence-corrected chi connectivity index (χ2v) is 6.20. The first-order valence-electron chi connectivity index (χ1n) is 7.50. The zero-order valence-electron chi connectivity index (χ0n) is 12.5. The molecule has 1 aliphatic carbocycles. The van der Waals surface area contributed by atoms with Crippen LogP contribution in [0.1, 0.15) is 29.2 Å². The van der Waals surface area contributed by atoms with E-state index in [1.54, 1.807) is 16.4 Å². The number of hydrogen-bond donors (Lipinski definition) is 1. The molecule has 0 atom stereocenters. The molecular formula is C16H15F2N3O2. The van der Waals surface area contributed by atoms with Crippen LogP contribution in [0, 0.1) is 24.5 Å². The maximum Gasteiger partial charge on any atom is 0.291 e. The predicted molar refractivity (Wildman–Crippen MR) is 77.7 cm³/mol. The molecule has 120 valence electrons. The van der Waals surface area contributed by atoms with Gasteiger partial charge in [-0.1, -0.05) is 0 Å². The Bertz CT molecular complexity index is 804. The molecule has 2 aliphatic rings. The molecule has 1 saturated carbocycles. The van der Waals surface area contributed by atoms with Gasteiger partial charge < -0.3 is 14.6 Å². The summed E-state index contributed by atoms with van der Waals surface area (Å²) in [6.07, 6.45) is 2.26. The molecule has 1 aromatic heterocycles. The summed E-state index contributed by atoms with van der Waals surface area (Å²) < 4.78 is 29.0. The van der Waals surface area contributed by atoms with Crippen molar-refractivity contribution < 1.29 is 18.7 Å². The molecule has 1 amide bonds. The van der Waals surface area contributed by atoms with Gasteiger partial charge in [0.1, 0.15) is 0 Å². The Morgan fingerprint density at radius 2 is 1.96 bits per heavy atom. The monoisotopic (exact) mass is 319 g/mol. The van der Waals surface area contributed by atoms with Crippen LogP contribution in [0.2, 0.25) is 0 Å². The topological polar surface area (TPSA) is 58.4 Å². The smallest absolute Gasteiger partial charge is 0.291 e. The van der Waals surface area contributed by atoms with Gasteiger partial charge in [-0.2, -0.15) is 0 Å². The number of phenolic OH excluding ortho intramolecular Hbond substituents is 1. The van der Waals surface area contributed by atoms with Gasteiger partial charge in [0.25, 0.3) is 5.91 Å². The standard InChI is InChI=1S/C16H15F2N3O2/c1-8-13(10-4-11(17)14(22)12(18)5-10)21-7-20(6-9-2-3-9)16(23)15(21)19-8/h4-5,9,22H,2-3,6-7H2,1H3. The zero-order chi connectivity index (χ0) is 16.3. The summed E-state index contributed by atoms with van der Waals surface area (Å²) in [7, 11) is 0. The van der Waals surface area contributed by atoms with E-state index in [9.17, 15) is 18.7 Å². The first-order chi connectivity index (χ1) is 11.0. The summed E-state index contributed by atoms with van der Waals surface area (Å²) in [5.74, 6) is -2.36. The lowest BCUT2D eigenvalue weighted by Gasteiger charge is -2.16. The number of halogens is 2. The summed E-state index contributed by atoms with van der Waals surface area (Å²) >= 11 is 0. The lowest BCUT2D eigenvalue weighted by atomic mass is 10.1. The van der Waals surface area contributed by atoms with Crippen molar-refractivity contribution in [3.05, 3.63) is 35.3 Å². The van der Waals surface area contributed by atoms with Crippen molar-refractivity contribution in [2.24, 2.45) is 5.92 Å². The van der Waals surface area contributed by atoms with Crippen molar-refractivity contribution in [2.75, 3.05) is 6.54 Å². The van der Waals surface area contributed by atoms with Gasteiger partial charge in [0, 0.05) is 12.1 Å². The fourth-order valence-electron chi connectivity index (χ4n) is 3.07. The van der Waals surface area contributed by atoms with Crippen LogP contribution in [0.5, 0.6) is 5.75 Å². The summed E-state index contributed by atoms with van der Waals surface area (Å²) in [6.45, 7) is 2.73. The molecular weight excluding hydrogens is 304 g/mol. The summed E-state index contributed by atoms with van der Waals surface area (Å²) in [6, 6.07) is 2.12. The fraction of sp³-hybridized carbons (Fsp3) is 0.375. The van der Waals surface area contributed by atoms with Crippen LogP contribution < -0.4 is 0 Å². The van der Waals surface area contributed by atoms with Gasteiger partial charge in [0.2, 0.25) is 5.82 Å². The van der Waals surface area contributed by atoms with Gasteiger partial charge >= 0.3 is 0 Å². The van der Waals surface area contributed by atoms with Crippen molar-refractivity contribution in [1.82, 2.24) is 14.5 Å². The highest BCUT2D eigenvalue weighted by Gasteiger charge is 2.36. The van der Waals surface area contributed by atoms with Crippen LogP contribution >= 0.6 is 0 Å². The third-order valence-corrected chi connectivity index (χ3v) is 4.40. The molecule has 4 rings (SSSR count). The Balaban J connectivity index is 1.77. The van der Waals surface area contributed by atoms with Crippen LogP contribution in [-0.2, 0) is 6.67 Å². The maximum absolute atomic E-state index is 13.7. The van der Waals surface area contributed by atoms with Crippen molar-refractivity contribution >= 4 is 5.91 Å². The van der Waals surface area contributed by atoms with Gasteiger partial charge in [0.15, 0.2) is 17.4 Å². The number of aryl methyl sites for hydroxylation is 1. The Morgan fingerprint density at radius 1 is 1.30 bits per heavy atom. The molecule has 23 heavy (non-hydrogen) atoms. The Labute approximate surface area is 131 Å². The number of carbonyl (C=O) groups excluding carboxylic acids is 1. The van der Waals surface area contributed by atoms with Gasteiger partial charge in [0.05, 0.1) is 18.1 Å². The van der Waals surface area contributed by atoms with Crippen LogP contribution in [0.4, 0.5) is 8.78 Å².